The van der Waals surface area contributed by atoms with Crippen molar-refractivity contribution in [2.75, 3.05) is 18.1 Å². The minimum absolute atomic E-state index is 0.0700. The van der Waals surface area contributed by atoms with Gasteiger partial charge in [0, 0.05) is 12.5 Å². The third-order valence-electron chi connectivity index (χ3n) is 7.73. The van der Waals surface area contributed by atoms with Crippen LogP contribution in [0.5, 0.6) is 0 Å². The van der Waals surface area contributed by atoms with Gasteiger partial charge in [0.25, 0.3) is 11.8 Å². The first kappa shape index (κ1) is 23.8. The van der Waals surface area contributed by atoms with Crippen LogP contribution >= 0.6 is 0 Å². The van der Waals surface area contributed by atoms with Crippen molar-refractivity contribution in [3.63, 3.8) is 0 Å². The lowest BCUT2D eigenvalue weighted by Gasteiger charge is -2.20. The number of rotatable bonds is 4. The zero-order valence-corrected chi connectivity index (χ0v) is 21.2. The summed E-state index contributed by atoms with van der Waals surface area (Å²) in [5.74, 6) is -2.30. The lowest BCUT2D eigenvalue weighted by molar-refractivity contribution is -0.0585. The molecule has 0 radical (unpaired) electrons. The normalized spacial score (nSPS) is 15.0. The highest BCUT2D eigenvalue weighted by Crippen LogP contribution is 2.44. The molecule has 8 heteroatoms. The van der Waals surface area contributed by atoms with E-state index in [9.17, 15) is 19.2 Å². The summed E-state index contributed by atoms with van der Waals surface area (Å²) in [6.07, 6.45) is -0.112. The number of imide groups is 1. The molecule has 4 aromatic rings. The molecule has 8 nitrogen and oxygen atoms in total. The van der Waals surface area contributed by atoms with Gasteiger partial charge >= 0.3 is 12.1 Å². The number of ether oxygens (including phenoxy) is 1. The van der Waals surface area contributed by atoms with Gasteiger partial charge in [-0.2, -0.15) is 0 Å². The highest BCUT2D eigenvalue weighted by atomic mass is 16.7. The molecular weight excluding hydrogens is 508 g/mol. The van der Waals surface area contributed by atoms with Crippen molar-refractivity contribution in [3.8, 4) is 11.1 Å². The van der Waals surface area contributed by atoms with E-state index < -0.39 is 23.9 Å². The van der Waals surface area contributed by atoms with Crippen LogP contribution in [0.2, 0.25) is 0 Å². The molecule has 196 valence electrons. The van der Waals surface area contributed by atoms with Gasteiger partial charge in [-0.3, -0.25) is 14.5 Å². The van der Waals surface area contributed by atoms with Crippen LogP contribution in [0.4, 0.5) is 10.5 Å². The van der Waals surface area contributed by atoms with Crippen LogP contribution < -0.4 is 4.90 Å². The van der Waals surface area contributed by atoms with Gasteiger partial charge in [-0.1, -0.05) is 71.8 Å². The Bertz CT molecular complexity index is 1660. The van der Waals surface area contributed by atoms with E-state index in [1.165, 1.54) is 17.0 Å². The van der Waals surface area contributed by atoms with Crippen LogP contribution in [0.15, 0.2) is 91.0 Å². The molecule has 0 fully saturated rings. The summed E-state index contributed by atoms with van der Waals surface area (Å²) in [4.78, 5) is 58.4. The Labute approximate surface area is 229 Å². The summed E-state index contributed by atoms with van der Waals surface area (Å²) in [6.45, 7) is 0.503. The number of carbonyl (C=O) groups excluding carboxylic acids is 4. The Hall–Kier alpha value is -5.24. The number of fused-ring (bicyclic) bond motifs is 5. The van der Waals surface area contributed by atoms with Gasteiger partial charge in [-0.25, -0.2) is 9.59 Å². The molecule has 0 aromatic heterocycles. The molecule has 3 aliphatic rings. The first-order valence-corrected chi connectivity index (χ1v) is 13.0. The molecule has 0 atom stereocenters. The van der Waals surface area contributed by atoms with Gasteiger partial charge in [0.05, 0.1) is 22.4 Å². The fourth-order valence-corrected chi connectivity index (χ4v) is 5.87. The average molecular weight is 531 g/mol. The van der Waals surface area contributed by atoms with Crippen LogP contribution in [0.3, 0.4) is 0 Å². The van der Waals surface area contributed by atoms with Crippen LogP contribution in [0.1, 0.15) is 53.7 Å². The van der Waals surface area contributed by atoms with Crippen molar-refractivity contribution >= 4 is 29.6 Å². The van der Waals surface area contributed by atoms with E-state index in [1.807, 2.05) is 24.3 Å². The van der Waals surface area contributed by atoms with Gasteiger partial charge in [0.1, 0.15) is 6.61 Å². The highest BCUT2D eigenvalue weighted by Gasteiger charge is 2.40. The Morgan fingerprint density at radius 1 is 0.725 bits per heavy atom. The maximum Gasteiger partial charge on any atom is 0.414 e. The fourth-order valence-electron chi connectivity index (χ4n) is 5.87. The standard InChI is InChI=1S/C32H22N2O6/c35-29-24-12-5-6-13-25(24)30(36)34(29)40-31(37)26-14-7-15-28-23(26)16-17-33(28)32(38)39-18-27-21-10-3-1-8-19(21)20-9-2-4-11-22(20)27/h1-15,27H,16-18H2. The Morgan fingerprint density at radius 3 is 1.93 bits per heavy atom. The zero-order valence-electron chi connectivity index (χ0n) is 21.2. The van der Waals surface area contributed by atoms with E-state index in [4.69, 9.17) is 9.57 Å². The fraction of sp³-hybridized carbons (Fsp3) is 0.125. The molecule has 2 heterocycles. The minimum atomic E-state index is -0.847. The van der Waals surface area contributed by atoms with Gasteiger partial charge in [0.2, 0.25) is 0 Å². The molecule has 0 unspecified atom stereocenters. The smallest absolute Gasteiger partial charge is 0.414 e. The van der Waals surface area contributed by atoms with Crippen LogP contribution in [-0.2, 0) is 16.0 Å². The van der Waals surface area contributed by atoms with Crippen molar-refractivity contribution in [1.29, 1.82) is 0 Å². The Kier molecular flexibility index (Phi) is 5.48. The molecular formula is C32H22N2O6. The summed E-state index contributed by atoms with van der Waals surface area (Å²) >= 11 is 0. The largest absolute Gasteiger partial charge is 0.448 e. The van der Waals surface area contributed by atoms with E-state index in [0.29, 0.717) is 29.3 Å². The predicted molar refractivity (Wildman–Crippen MR) is 145 cm³/mol. The number of anilines is 1. The van der Waals surface area contributed by atoms with E-state index in [0.717, 1.165) is 22.3 Å². The lowest BCUT2D eigenvalue weighted by Crippen LogP contribution is -2.33. The number of hydrogen-bond acceptors (Lipinski definition) is 6. The topological polar surface area (TPSA) is 93.2 Å². The number of hydrogen-bond donors (Lipinski definition) is 0. The molecule has 2 aliphatic heterocycles. The van der Waals surface area contributed by atoms with Gasteiger partial charge in [-0.15, -0.1) is 0 Å². The maximum atomic E-state index is 13.3. The molecule has 40 heavy (non-hydrogen) atoms. The first-order valence-electron chi connectivity index (χ1n) is 13.0. The van der Waals surface area contributed by atoms with Gasteiger partial charge in [-0.05, 0) is 58.5 Å². The molecule has 0 spiro atoms. The Balaban J connectivity index is 1.08. The van der Waals surface area contributed by atoms with Crippen molar-refractivity contribution in [2.45, 2.75) is 12.3 Å². The third kappa shape index (κ3) is 3.60. The SMILES string of the molecule is O=C(ON1C(=O)c2ccccc2C1=O)c1cccc2c1CCN2C(=O)OCC1c2ccccc2-c2ccccc21. The van der Waals surface area contributed by atoms with Crippen LogP contribution in [0.25, 0.3) is 11.1 Å². The highest BCUT2D eigenvalue weighted by molar-refractivity contribution is 6.21. The number of amides is 3. The number of nitrogens with zero attached hydrogens (tertiary/aromatic N) is 2. The first-order chi connectivity index (χ1) is 19.5. The average Bonchev–Trinajstić information content (AvgIpc) is 3.64. The molecule has 1 aliphatic carbocycles. The minimum Gasteiger partial charge on any atom is -0.448 e. The van der Waals surface area contributed by atoms with E-state index in [2.05, 4.69) is 24.3 Å². The summed E-state index contributed by atoms with van der Waals surface area (Å²) in [5.41, 5.74) is 6.21. The van der Waals surface area contributed by atoms with Gasteiger partial charge < -0.3 is 9.57 Å². The Morgan fingerprint density at radius 2 is 1.30 bits per heavy atom. The monoisotopic (exact) mass is 530 g/mol. The summed E-state index contributed by atoms with van der Waals surface area (Å²) in [7, 11) is 0. The van der Waals surface area contributed by atoms with Crippen molar-refractivity contribution < 1.29 is 28.8 Å². The molecule has 0 saturated carbocycles. The second kappa shape index (κ2) is 9.20. The quantitative estimate of drug-likeness (QED) is 0.330. The molecule has 7 rings (SSSR count). The number of hydroxylamine groups is 2. The second-order valence-corrected chi connectivity index (χ2v) is 9.84. The molecule has 0 N–H and O–H groups in total. The summed E-state index contributed by atoms with van der Waals surface area (Å²) in [6, 6.07) is 27.5. The van der Waals surface area contributed by atoms with E-state index >= 15 is 0 Å². The predicted octanol–water partition coefficient (Wildman–Crippen LogP) is 5.37. The number of benzene rings is 4. The van der Waals surface area contributed by atoms with E-state index in [-0.39, 0.29) is 29.2 Å². The molecule has 0 bridgehead atoms. The summed E-state index contributed by atoms with van der Waals surface area (Å²) < 4.78 is 5.83. The lowest BCUT2D eigenvalue weighted by atomic mass is 9.98. The molecule has 3 amide bonds. The van der Waals surface area contributed by atoms with E-state index in [1.54, 1.807) is 30.3 Å². The van der Waals surface area contributed by atoms with Crippen molar-refractivity contribution in [1.82, 2.24) is 5.06 Å². The second-order valence-electron chi connectivity index (χ2n) is 9.84. The van der Waals surface area contributed by atoms with Gasteiger partial charge in [0.15, 0.2) is 0 Å². The zero-order chi connectivity index (χ0) is 27.4. The molecule has 0 saturated heterocycles. The molecule has 4 aromatic carbocycles. The van der Waals surface area contributed by atoms with Crippen molar-refractivity contribution in [2.24, 2.45) is 0 Å². The van der Waals surface area contributed by atoms with Crippen molar-refractivity contribution in [3.05, 3.63) is 124 Å². The number of carbonyl (C=O) groups is 4. The summed E-state index contributed by atoms with van der Waals surface area (Å²) in [5, 5.41) is 0.491. The van der Waals surface area contributed by atoms with Crippen LogP contribution in [0, 0.1) is 0 Å². The van der Waals surface area contributed by atoms with Crippen LogP contribution in [-0.4, -0.2) is 42.1 Å². The maximum absolute atomic E-state index is 13.3. The third-order valence-corrected chi connectivity index (χ3v) is 7.73.